The highest BCUT2D eigenvalue weighted by molar-refractivity contribution is 6.07. The maximum Gasteiger partial charge on any atom is 0.302 e. The van der Waals surface area contributed by atoms with Gasteiger partial charge in [0.15, 0.2) is 5.78 Å². The SMILES string of the molecule is CC(=O)O[C@H]1C[C@@]2(C)C(=C[C@H]1C)C(=O)C=C1C2CC[C@]2(C)[C@@H](C(C)(C)[C@H](C)CCC(C)C)CC[C@@]12C. The molecule has 3 heteroatoms. The largest absolute Gasteiger partial charge is 0.462 e. The molecule has 0 aromatic rings. The fourth-order valence-electron chi connectivity index (χ4n) is 9.29. The van der Waals surface area contributed by atoms with E-state index < -0.39 is 0 Å². The molecule has 0 saturated heterocycles. The molecule has 0 aromatic heterocycles. The summed E-state index contributed by atoms with van der Waals surface area (Å²) in [5, 5.41) is 0. The van der Waals surface area contributed by atoms with Gasteiger partial charge in [-0.1, -0.05) is 80.4 Å². The van der Waals surface area contributed by atoms with Gasteiger partial charge in [-0.25, -0.2) is 0 Å². The topological polar surface area (TPSA) is 43.4 Å². The molecule has 36 heavy (non-hydrogen) atoms. The predicted octanol–water partition coefficient (Wildman–Crippen LogP) is 8.33. The number of carbonyl (C=O) groups excluding carboxylic acids is 2. The second-order valence-electron chi connectivity index (χ2n) is 14.8. The van der Waals surface area contributed by atoms with Crippen LogP contribution < -0.4 is 0 Å². The molecule has 0 spiro atoms. The van der Waals surface area contributed by atoms with Gasteiger partial charge >= 0.3 is 5.97 Å². The van der Waals surface area contributed by atoms with Crippen LogP contribution in [0.2, 0.25) is 0 Å². The minimum absolute atomic E-state index is 0.0415. The highest BCUT2D eigenvalue weighted by Gasteiger charge is 2.66. The zero-order valence-electron chi connectivity index (χ0n) is 24.8. The summed E-state index contributed by atoms with van der Waals surface area (Å²) in [6.45, 7) is 23.1. The number of rotatable bonds is 6. The van der Waals surface area contributed by atoms with Gasteiger partial charge in [-0.05, 0) is 84.5 Å². The first-order chi connectivity index (χ1) is 16.6. The van der Waals surface area contributed by atoms with E-state index in [-0.39, 0.29) is 45.4 Å². The van der Waals surface area contributed by atoms with Crippen LogP contribution >= 0.6 is 0 Å². The predicted molar refractivity (Wildman–Crippen MR) is 147 cm³/mol. The molecule has 0 heterocycles. The van der Waals surface area contributed by atoms with Gasteiger partial charge in [-0.15, -0.1) is 0 Å². The fourth-order valence-corrected chi connectivity index (χ4v) is 9.29. The number of ether oxygens (including phenoxy) is 1. The highest BCUT2D eigenvalue weighted by Crippen LogP contribution is 2.73. The fraction of sp³-hybridized carbons (Fsp3) is 0.818. The summed E-state index contributed by atoms with van der Waals surface area (Å²) >= 11 is 0. The molecule has 0 amide bonds. The Hall–Kier alpha value is -1.38. The monoisotopic (exact) mass is 496 g/mol. The third kappa shape index (κ3) is 4.06. The molecule has 4 aliphatic rings. The van der Waals surface area contributed by atoms with Crippen molar-refractivity contribution in [2.24, 2.45) is 51.2 Å². The summed E-state index contributed by atoms with van der Waals surface area (Å²) in [7, 11) is 0. The standard InChI is InChI=1S/C33H52O3/c1-20(2)11-12-22(4)30(6,7)29-14-16-32(9)25-18-27(35)26-17-21(3)28(36-23(5)34)19-31(26,8)24(25)13-15-33(29,32)10/h17-18,20-22,24,28-29H,11-16,19H2,1-10H3/t21-,22-,24?,28+,29-,31-,32+,33-/m1/s1. The van der Waals surface area contributed by atoms with Crippen molar-refractivity contribution in [1.29, 1.82) is 0 Å². The lowest BCUT2D eigenvalue weighted by molar-refractivity contribution is -0.151. The number of esters is 1. The summed E-state index contributed by atoms with van der Waals surface area (Å²) in [6, 6.07) is 0. The maximum absolute atomic E-state index is 13.7. The molecule has 2 fully saturated rings. The zero-order chi connectivity index (χ0) is 26.8. The van der Waals surface area contributed by atoms with Crippen LogP contribution in [0, 0.1) is 51.2 Å². The minimum Gasteiger partial charge on any atom is -0.462 e. The Bertz CT molecular complexity index is 969. The lowest BCUT2D eigenvalue weighted by Crippen LogP contribution is -2.54. The van der Waals surface area contributed by atoms with E-state index >= 15 is 0 Å². The zero-order valence-corrected chi connectivity index (χ0v) is 24.8. The first-order valence-electron chi connectivity index (χ1n) is 14.7. The second kappa shape index (κ2) is 9.12. The van der Waals surface area contributed by atoms with E-state index in [2.05, 4.69) is 74.5 Å². The van der Waals surface area contributed by atoms with E-state index in [1.807, 2.05) is 0 Å². The molecule has 3 nitrogen and oxygen atoms in total. The van der Waals surface area contributed by atoms with Crippen LogP contribution in [0.4, 0.5) is 0 Å². The third-order valence-corrected chi connectivity index (χ3v) is 12.2. The van der Waals surface area contributed by atoms with E-state index in [0.29, 0.717) is 17.8 Å². The van der Waals surface area contributed by atoms with Crippen LogP contribution in [0.25, 0.3) is 0 Å². The Labute approximate surface area is 220 Å². The molecule has 0 radical (unpaired) electrons. The van der Waals surface area contributed by atoms with Crippen molar-refractivity contribution in [1.82, 2.24) is 0 Å². The van der Waals surface area contributed by atoms with Crippen LogP contribution in [0.5, 0.6) is 0 Å². The van der Waals surface area contributed by atoms with E-state index in [9.17, 15) is 9.59 Å². The molecule has 2 saturated carbocycles. The molecular formula is C33H52O3. The first kappa shape index (κ1) is 27.6. The molecule has 1 unspecified atom stereocenters. The van der Waals surface area contributed by atoms with Crippen LogP contribution in [-0.4, -0.2) is 17.9 Å². The smallest absolute Gasteiger partial charge is 0.302 e. The van der Waals surface area contributed by atoms with Gasteiger partial charge in [0, 0.05) is 23.8 Å². The molecule has 0 bridgehead atoms. The number of ketones is 1. The maximum atomic E-state index is 13.7. The minimum atomic E-state index is -0.254. The van der Waals surface area contributed by atoms with Crippen LogP contribution in [0.3, 0.4) is 0 Å². The summed E-state index contributed by atoms with van der Waals surface area (Å²) in [5.74, 6) is 2.49. The van der Waals surface area contributed by atoms with Crippen molar-refractivity contribution in [3.05, 3.63) is 23.3 Å². The number of allylic oxidation sites excluding steroid dienone is 3. The lowest BCUT2D eigenvalue weighted by Gasteiger charge is -2.61. The second-order valence-corrected chi connectivity index (χ2v) is 14.8. The Morgan fingerprint density at radius 2 is 1.78 bits per heavy atom. The quantitative estimate of drug-likeness (QED) is 0.347. The summed E-state index contributed by atoms with van der Waals surface area (Å²) in [4.78, 5) is 25.5. The Morgan fingerprint density at radius 1 is 1.11 bits per heavy atom. The molecule has 202 valence electrons. The molecule has 0 N–H and O–H groups in total. The van der Waals surface area contributed by atoms with E-state index in [4.69, 9.17) is 4.74 Å². The number of hydrogen-bond donors (Lipinski definition) is 0. The third-order valence-electron chi connectivity index (χ3n) is 12.2. The van der Waals surface area contributed by atoms with Gasteiger partial charge in [0.05, 0.1) is 0 Å². The van der Waals surface area contributed by atoms with Crippen LogP contribution in [0.15, 0.2) is 23.3 Å². The van der Waals surface area contributed by atoms with E-state index in [1.54, 1.807) is 0 Å². The molecule has 0 aliphatic heterocycles. The normalized spacial score (nSPS) is 41.1. The molecule has 4 rings (SSSR count). The number of fused-ring (bicyclic) bond motifs is 5. The Morgan fingerprint density at radius 3 is 2.39 bits per heavy atom. The van der Waals surface area contributed by atoms with Gasteiger partial charge in [0.2, 0.25) is 0 Å². The first-order valence-corrected chi connectivity index (χ1v) is 14.7. The van der Waals surface area contributed by atoms with Crippen molar-refractivity contribution in [2.45, 2.75) is 120 Å². The summed E-state index contributed by atoms with van der Waals surface area (Å²) < 4.78 is 5.78. The van der Waals surface area contributed by atoms with Crippen LogP contribution in [0.1, 0.15) is 114 Å². The van der Waals surface area contributed by atoms with Gasteiger partial charge < -0.3 is 4.74 Å². The number of carbonyl (C=O) groups is 2. The average molecular weight is 497 g/mol. The highest BCUT2D eigenvalue weighted by atomic mass is 16.5. The summed E-state index contributed by atoms with van der Waals surface area (Å²) in [6.07, 6.45) is 12.1. The summed E-state index contributed by atoms with van der Waals surface area (Å²) in [5.41, 5.74) is 2.63. The van der Waals surface area contributed by atoms with Crippen molar-refractivity contribution in [3.63, 3.8) is 0 Å². The lowest BCUT2D eigenvalue weighted by atomic mass is 9.43. The number of hydrogen-bond acceptors (Lipinski definition) is 3. The van der Waals surface area contributed by atoms with E-state index in [0.717, 1.165) is 24.3 Å². The van der Waals surface area contributed by atoms with E-state index in [1.165, 1.54) is 44.6 Å². The van der Waals surface area contributed by atoms with Crippen molar-refractivity contribution in [2.75, 3.05) is 0 Å². The van der Waals surface area contributed by atoms with Gasteiger partial charge in [-0.2, -0.15) is 0 Å². The average Bonchev–Trinajstić information content (AvgIpc) is 3.05. The Kier molecular flexibility index (Phi) is 7.01. The Balaban J connectivity index is 1.69. The van der Waals surface area contributed by atoms with Crippen molar-refractivity contribution < 1.29 is 14.3 Å². The van der Waals surface area contributed by atoms with Gasteiger partial charge in [-0.3, -0.25) is 9.59 Å². The molecule has 4 aliphatic carbocycles. The van der Waals surface area contributed by atoms with Gasteiger partial charge in [0.1, 0.15) is 6.10 Å². The molecule has 8 atom stereocenters. The van der Waals surface area contributed by atoms with Crippen molar-refractivity contribution >= 4 is 11.8 Å². The van der Waals surface area contributed by atoms with Crippen molar-refractivity contribution in [3.8, 4) is 0 Å². The van der Waals surface area contributed by atoms with Crippen LogP contribution in [-0.2, 0) is 14.3 Å². The molecular weight excluding hydrogens is 444 g/mol. The van der Waals surface area contributed by atoms with Gasteiger partial charge in [0.25, 0.3) is 0 Å². The molecule has 0 aromatic carbocycles.